The minimum absolute atomic E-state index is 0.0477. The number of hydrogen-bond acceptors (Lipinski definition) is 4. The van der Waals surface area contributed by atoms with E-state index in [9.17, 15) is 5.02 Å². The Kier molecular flexibility index (Phi) is 6.22. The van der Waals surface area contributed by atoms with Gasteiger partial charge in [-0.1, -0.05) is 29.7 Å². The van der Waals surface area contributed by atoms with Gasteiger partial charge in [-0.2, -0.15) is 0 Å². The number of rotatable bonds is 7. The van der Waals surface area contributed by atoms with Crippen LogP contribution in [-0.4, -0.2) is 44.4 Å². The molecule has 94 valence electrons. The van der Waals surface area contributed by atoms with Crippen molar-refractivity contribution < 1.29 is 14.8 Å². The largest absolute Gasteiger partial charge is 0.853 e. The highest BCUT2D eigenvalue weighted by Gasteiger charge is 2.09. The third-order valence-electron chi connectivity index (χ3n) is 2.37. The summed E-state index contributed by atoms with van der Waals surface area (Å²) < 4.78 is 5.16. The van der Waals surface area contributed by atoms with Crippen molar-refractivity contribution in [3.05, 3.63) is 29.8 Å². The van der Waals surface area contributed by atoms with Crippen LogP contribution >= 0.6 is 0 Å². The van der Waals surface area contributed by atoms with Gasteiger partial charge in [-0.05, 0) is 26.1 Å². The summed E-state index contributed by atoms with van der Waals surface area (Å²) in [7, 11) is 2.75. The van der Waals surface area contributed by atoms with Crippen LogP contribution < -0.4 is 10.5 Å². The van der Waals surface area contributed by atoms with Gasteiger partial charge in [0.1, 0.15) is 0 Å². The molecule has 0 aliphatic rings. The van der Waals surface area contributed by atoms with E-state index in [0.717, 1.165) is 12.1 Å². The molecule has 0 heterocycles. The van der Waals surface area contributed by atoms with Crippen molar-refractivity contribution in [2.45, 2.75) is 13.0 Å². The van der Waals surface area contributed by atoms with Gasteiger partial charge in [-0.15, -0.1) is 0 Å². The first-order chi connectivity index (χ1) is 8.15. The minimum atomic E-state index is -1.17. The standard InChI is InChI=1S/C12H19BNO3/c1-14(2)10-11-6-3-4-7-12(11)13(16)17-9-5-8-15/h3-4,6-7,15H,5,8-10H2,1-2H3/q-1. The van der Waals surface area contributed by atoms with E-state index < -0.39 is 7.12 Å². The van der Waals surface area contributed by atoms with E-state index in [1.807, 2.05) is 37.2 Å². The van der Waals surface area contributed by atoms with Crippen LogP contribution in [-0.2, 0) is 11.2 Å². The van der Waals surface area contributed by atoms with Crippen molar-refractivity contribution in [1.29, 1.82) is 0 Å². The molecule has 0 saturated heterocycles. The van der Waals surface area contributed by atoms with Gasteiger partial charge < -0.3 is 19.7 Å². The molecule has 0 saturated carbocycles. The van der Waals surface area contributed by atoms with Crippen molar-refractivity contribution in [3.63, 3.8) is 0 Å². The molecule has 0 fully saturated rings. The summed E-state index contributed by atoms with van der Waals surface area (Å²) in [5, 5.41) is 20.5. The second kappa shape index (κ2) is 7.45. The highest BCUT2D eigenvalue weighted by Crippen LogP contribution is 2.00. The summed E-state index contributed by atoms with van der Waals surface area (Å²) >= 11 is 0. The first-order valence-electron chi connectivity index (χ1n) is 5.76. The molecule has 1 N–H and O–H groups in total. The Morgan fingerprint density at radius 2 is 2.06 bits per heavy atom. The Hall–Kier alpha value is -0.875. The lowest BCUT2D eigenvalue weighted by atomic mass is 9.76. The van der Waals surface area contributed by atoms with Gasteiger partial charge in [0.25, 0.3) is 0 Å². The predicted molar refractivity (Wildman–Crippen MR) is 66.9 cm³/mol. The first kappa shape index (κ1) is 14.2. The highest BCUT2D eigenvalue weighted by molar-refractivity contribution is 6.58. The third kappa shape index (κ3) is 4.87. The lowest BCUT2D eigenvalue weighted by Crippen LogP contribution is -2.48. The molecule has 0 bridgehead atoms. The maximum Gasteiger partial charge on any atom is 0.217 e. The van der Waals surface area contributed by atoms with Crippen LogP contribution in [0.4, 0.5) is 0 Å². The SMILES string of the molecule is CN(C)Cc1ccccc1B([O-])OCCCO. The minimum Gasteiger partial charge on any atom is -0.853 e. The van der Waals surface area contributed by atoms with Crippen molar-refractivity contribution >= 4 is 12.6 Å². The van der Waals surface area contributed by atoms with Crippen molar-refractivity contribution in [2.75, 3.05) is 27.3 Å². The smallest absolute Gasteiger partial charge is 0.217 e. The van der Waals surface area contributed by atoms with Gasteiger partial charge in [-0.3, -0.25) is 0 Å². The zero-order valence-corrected chi connectivity index (χ0v) is 10.4. The van der Waals surface area contributed by atoms with Gasteiger partial charge in [0.15, 0.2) is 0 Å². The summed E-state index contributed by atoms with van der Waals surface area (Å²) in [6.07, 6.45) is 0.495. The van der Waals surface area contributed by atoms with Crippen LogP contribution in [0.5, 0.6) is 0 Å². The van der Waals surface area contributed by atoms with E-state index >= 15 is 0 Å². The van der Waals surface area contributed by atoms with Crippen LogP contribution in [0.2, 0.25) is 0 Å². The van der Waals surface area contributed by atoms with Gasteiger partial charge in [0.05, 0.1) is 0 Å². The van der Waals surface area contributed by atoms with E-state index in [0.29, 0.717) is 18.5 Å². The molecule has 1 rings (SSSR count). The van der Waals surface area contributed by atoms with Crippen LogP contribution in [0, 0.1) is 0 Å². The molecule has 0 aliphatic carbocycles. The molecule has 0 aromatic heterocycles. The molecule has 4 nitrogen and oxygen atoms in total. The topological polar surface area (TPSA) is 55.8 Å². The summed E-state index contributed by atoms with van der Waals surface area (Å²) in [4.78, 5) is 2.01. The Labute approximate surface area is 103 Å². The molecule has 5 heteroatoms. The summed E-state index contributed by atoms with van der Waals surface area (Å²) in [6, 6.07) is 7.50. The summed E-state index contributed by atoms with van der Waals surface area (Å²) in [5.41, 5.74) is 1.67. The normalized spacial score (nSPS) is 10.9. The molecule has 1 aromatic rings. The van der Waals surface area contributed by atoms with Crippen molar-refractivity contribution in [3.8, 4) is 0 Å². The van der Waals surface area contributed by atoms with Crippen LogP contribution in [0.25, 0.3) is 0 Å². The zero-order valence-electron chi connectivity index (χ0n) is 10.4. The van der Waals surface area contributed by atoms with E-state index in [1.54, 1.807) is 6.07 Å². The maximum atomic E-state index is 11.9. The van der Waals surface area contributed by atoms with Crippen LogP contribution in [0.15, 0.2) is 24.3 Å². The number of benzene rings is 1. The Morgan fingerprint density at radius 3 is 2.71 bits per heavy atom. The fourth-order valence-corrected chi connectivity index (χ4v) is 1.59. The van der Waals surface area contributed by atoms with Gasteiger partial charge in [-0.25, -0.2) is 0 Å². The molecule has 17 heavy (non-hydrogen) atoms. The van der Waals surface area contributed by atoms with Crippen molar-refractivity contribution in [1.82, 2.24) is 4.90 Å². The summed E-state index contributed by atoms with van der Waals surface area (Å²) in [5.74, 6) is 0. The average Bonchev–Trinajstić information content (AvgIpc) is 2.29. The molecule has 0 atom stereocenters. The fourth-order valence-electron chi connectivity index (χ4n) is 1.59. The highest BCUT2D eigenvalue weighted by atomic mass is 16.5. The van der Waals surface area contributed by atoms with Crippen LogP contribution in [0.1, 0.15) is 12.0 Å². The molecule has 0 unspecified atom stereocenters. The van der Waals surface area contributed by atoms with E-state index in [4.69, 9.17) is 9.76 Å². The first-order valence-corrected chi connectivity index (χ1v) is 5.76. The fraction of sp³-hybridized carbons (Fsp3) is 0.500. The molecular weight excluding hydrogens is 217 g/mol. The quantitative estimate of drug-likeness (QED) is 0.497. The predicted octanol–water partition coefficient (Wildman–Crippen LogP) is -0.797. The van der Waals surface area contributed by atoms with Gasteiger partial charge >= 0.3 is 0 Å². The summed E-state index contributed by atoms with van der Waals surface area (Å²) in [6.45, 7) is 1.06. The molecule has 0 amide bonds. The Balaban J connectivity index is 2.67. The lowest BCUT2D eigenvalue weighted by molar-refractivity contribution is -0.217. The molecule has 1 aromatic carbocycles. The Morgan fingerprint density at radius 1 is 1.35 bits per heavy atom. The second-order valence-electron chi connectivity index (χ2n) is 4.22. The van der Waals surface area contributed by atoms with Gasteiger partial charge in [0.2, 0.25) is 7.12 Å². The molecule has 0 radical (unpaired) electrons. The monoisotopic (exact) mass is 236 g/mol. The average molecular weight is 236 g/mol. The van der Waals surface area contributed by atoms with E-state index in [1.165, 1.54) is 0 Å². The van der Waals surface area contributed by atoms with Crippen molar-refractivity contribution in [2.24, 2.45) is 0 Å². The zero-order chi connectivity index (χ0) is 12.7. The number of aliphatic hydroxyl groups is 1. The number of aliphatic hydroxyl groups excluding tert-OH is 1. The van der Waals surface area contributed by atoms with Gasteiger partial charge in [0, 0.05) is 19.8 Å². The molecule has 0 aliphatic heterocycles. The number of hydrogen-bond donors (Lipinski definition) is 1. The third-order valence-corrected chi connectivity index (χ3v) is 2.37. The van der Waals surface area contributed by atoms with E-state index in [-0.39, 0.29) is 6.61 Å². The Bertz CT molecular complexity index is 333. The lowest BCUT2D eigenvalue weighted by Gasteiger charge is -2.24. The number of nitrogens with zero attached hydrogens (tertiary/aromatic N) is 1. The second-order valence-corrected chi connectivity index (χ2v) is 4.22. The molecular formula is C12H19BNO3-. The molecule has 0 spiro atoms. The van der Waals surface area contributed by atoms with E-state index in [2.05, 4.69) is 0 Å². The van der Waals surface area contributed by atoms with Crippen LogP contribution in [0.3, 0.4) is 0 Å². The maximum absolute atomic E-state index is 11.9.